The van der Waals surface area contributed by atoms with Gasteiger partial charge in [0.05, 0.1) is 18.9 Å². The maximum absolute atomic E-state index is 12.5. The summed E-state index contributed by atoms with van der Waals surface area (Å²) >= 11 is 0. The summed E-state index contributed by atoms with van der Waals surface area (Å²) in [6, 6.07) is 19.9. The Bertz CT molecular complexity index is 907. The molecule has 3 aromatic rings. The normalized spacial score (nSPS) is 11.8. The van der Waals surface area contributed by atoms with Crippen LogP contribution in [0, 0.1) is 0 Å². The number of carbonyl (C=O) groups is 1. The molecule has 0 fully saturated rings. The average Bonchev–Trinajstić information content (AvgIpc) is 3.14. The topological polar surface area (TPSA) is 126 Å². The fourth-order valence-electron chi connectivity index (χ4n) is 3.50. The molecule has 0 radical (unpaired) electrons. The molecule has 0 unspecified atom stereocenters. The predicted molar refractivity (Wildman–Crippen MR) is 124 cm³/mol. The lowest BCUT2D eigenvalue weighted by Gasteiger charge is -2.17. The van der Waals surface area contributed by atoms with E-state index in [1.54, 1.807) is 0 Å². The van der Waals surface area contributed by atoms with Gasteiger partial charge in [-0.05, 0) is 30.5 Å². The zero-order valence-electron chi connectivity index (χ0n) is 18.1. The molecule has 8 nitrogen and oxygen atoms in total. The second-order valence-corrected chi connectivity index (χ2v) is 7.80. The smallest absolute Gasteiger partial charge is 0.426 e. The van der Waals surface area contributed by atoms with Gasteiger partial charge in [0.25, 0.3) is 0 Å². The van der Waals surface area contributed by atoms with E-state index in [-0.39, 0.29) is 12.3 Å². The Balaban J connectivity index is 1.72. The lowest BCUT2D eigenvalue weighted by atomic mass is 9.76. The predicted octanol–water partition coefficient (Wildman–Crippen LogP) is 1.09. The summed E-state index contributed by atoms with van der Waals surface area (Å²) in [5.74, 6) is 0.0743. The molecule has 0 bridgehead atoms. The molecule has 1 heterocycles. The number of hydrogen-bond acceptors (Lipinski definition) is 6. The van der Waals surface area contributed by atoms with Crippen molar-refractivity contribution in [2.75, 3.05) is 6.54 Å². The van der Waals surface area contributed by atoms with Crippen molar-refractivity contribution in [3.63, 3.8) is 0 Å². The van der Waals surface area contributed by atoms with Gasteiger partial charge in [0.2, 0.25) is 5.91 Å². The number of nitrogens with two attached hydrogens (primary N) is 1. The summed E-state index contributed by atoms with van der Waals surface area (Å²) in [7, 11) is -1.63. The molecule has 1 atom stereocenters. The number of carbonyl (C=O) groups excluding carboxylic acids is 1. The van der Waals surface area contributed by atoms with Gasteiger partial charge in [0.15, 0.2) is 5.82 Å². The molecule has 0 saturated carbocycles. The Morgan fingerprint density at radius 1 is 1.03 bits per heavy atom. The van der Waals surface area contributed by atoms with Crippen molar-refractivity contribution in [3.05, 3.63) is 83.4 Å². The van der Waals surface area contributed by atoms with E-state index in [2.05, 4.69) is 15.4 Å². The van der Waals surface area contributed by atoms with Gasteiger partial charge in [-0.15, -0.1) is 0 Å². The highest BCUT2D eigenvalue weighted by Gasteiger charge is 2.25. The second kappa shape index (κ2) is 12.1. The molecule has 0 saturated heterocycles. The van der Waals surface area contributed by atoms with Crippen LogP contribution in [0.15, 0.2) is 60.7 Å². The van der Waals surface area contributed by atoms with Gasteiger partial charge in [-0.2, -0.15) is 5.10 Å². The van der Waals surface area contributed by atoms with Crippen LogP contribution in [0.3, 0.4) is 0 Å². The number of nitrogens with one attached hydrogen (secondary N) is 1. The van der Waals surface area contributed by atoms with Gasteiger partial charge in [-0.1, -0.05) is 67.1 Å². The summed E-state index contributed by atoms with van der Waals surface area (Å²) in [5.41, 5.74) is 7.68. The van der Waals surface area contributed by atoms with Crippen molar-refractivity contribution >= 4 is 13.0 Å². The van der Waals surface area contributed by atoms with Gasteiger partial charge in [-0.25, -0.2) is 9.67 Å². The lowest BCUT2D eigenvalue weighted by Crippen LogP contribution is -2.47. The van der Waals surface area contributed by atoms with Gasteiger partial charge in [-0.3, -0.25) is 4.79 Å². The van der Waals surface area contributed by atoms with E-state index in [0.717, 1.165) is 23.4 Å². The first-order valence-electron chi connectivity index (χ1n) is 10.9. The molecule has 0 aliphatic carbocycles. The summed E-state index contributed by atoms with van der Waals surface area (Å²) in [6.07, 6.45) is 2.45. The largest absolute Gasteiger partial charge is 0.475 e. The Kier molecular flexibility index (Phi) is 8.97. The SMILES string of the molecule is NCCCC[C@H](NC(=O)Cc1nc(Cc2ccccc2)n(Cc2ccccc2)n1)B(O)O. The molecule has 9 heteroatoms. The monoisotopic (exact) mass is 435 g/mol. The van der Waals surface area contributed by atoms with Crippen LogP contribution >= 0.6 is 0 Å². The number of rotatable bonds is 12. The minimum Gasteiger partial charge on any atom is -0.426 e. The van der Waals surface area contributed by atoms with Crippen molar-refractivity contribution in [2.45, 2.75) is 44.6 Å². The summed E-state index contributed by atoms with van der Waals surface area (Å²) < 4.78 is 1.82. The van der Waals surface area contributed by atoms with Crippen molar-refractivity contribution < 1.29 is 14.8 Å². The highest BCUT2D eigenvalue weighted by molar-refractivity contribution is 6.43. The third-order valence-corrected chi connectivity index (χ3v) is 5.17. The van der Waals surface area contributed by atoms with Crippen molar-refractivity contribution in [3.8, 4) is 0 Å². The third-order valence-electron chi connectivity index (χ3n) is 5.17. The number of hydrogen-bond donors (Lipinski definition) is 4. The molecule has 1 amide bonds. The molecule has 5 N–H and O–H groups in total. The zero-order valence-corrected chi connectivity index (χ0v) is 18.1. The standard InChI is InChI=1S/C23H30BN5O3/c25-14-8-7-13-20(24(31)32)26-23(30)16-21-27-22(15-18-9-3-1-4-10-18)29(28-21)17-19-11-5-2-6-12-19/h1-6,9-12,20,31-32H,7-8,13-17,25H2,(H,26,30)/t20-/m0/s1. The van der Waals surface area contributed by atoms with E-state index in [1.165, 1.54) is 0 Å². The molecule has 2 aromatic carbocycles. The van der Waals surface area contributed by atoms with Crippen LogP contribution in [-0.2, 0) is 24.2 Å². The first-order valence-corrected chi connectivity index (χ1v) is 10.9. The highest BCUT2D eigenvalue weighted by Crippen LogP contribution is 2.11. The van der Waals surface area contributed by atoms with Crippen LogP contribution in [-0.4, -0.2) is 50.3 Å². The van der Waals surface area contributed by atoms with Crippen molar-refractivity contribution in [1.29, 1.82) is 0 Å². The highest BCUT2D eigenvalue weighted by atomic mass is 16.4. The quantitative estimate of drug-likeness (QED) is 0.249. The Morgan fingerprint density at radius 3 is 2.31 bits per heavy atom. The fourth-order valence-corrected chi connectivity index (χ4v) is 3.50. The first kappa shape index (κ1) is 23.7. The first-order chi connectivity index (χ1) is 15.5. The molecule has 0 aliphatic rings. The van der Waals surface area contributed by atoms with E-state index >= 15 is 0 Å². The number of amides is 1. The van der Waals surface area contributed by atoms with Crippen LogP contribution in [0.5, 0.6) is 0 Å². The summed E-state index contributed by atoms with van der Waals surface area (Å²) in [4.78, 5) is 17.2. The second-order valence-electron chi connectivity index (χ2n) is 7.80. The van der Waals surface area contributed by atoms with Crippen LogP contribution < -0.4 is 11.1 Å². The summed E-state index contributed by atoms with van der Waals surface area (Å²) in [6.45, 7) is 1.07. The number of nitrogens with zero attached hydrogens (tertiary/aromatic N) is 3. The van der Waals surface area contributed by atoms with Gasteiger partial charge < -0.3 is 21.1 Å². The van der Waals surface area contributed by atoms with E-state index < -0.39 is 13.1 Å². The number of benzene rings is 2. The van der Waals surface area contributed by atoms with E-state index in [9.17, 15) is 14.8 Å². The van der Waals surface area contributed by atoms with Gasteiger partial charge in [0, 0.05) is 6.42 Å². The average molecular weight is 435 g/mol. The Morgan fingerprint density at radius 2 is 1.69 bits per heavy atom. The zero-order chi connectivity index (χ0) is 22.8. The molecule has 0 aliphatic heterocycles. The fraction of sp³-hybridized carbons (Fsp3) is 0.348. The van der Waals surface area contributed by atoms with Gasteiger partial charge >= 0.3 is 7.12 Å². The van der Waals surface area contributed by atoms with E-state index in [4.69, 9.17) is 5.73 Å². The van der Waals surface area contributed by atoms with Crippen LogP contribution in [0.2, 0.25) is 0 Å². The molecule has 1 aromatic heterocycles. The van der Waals surface area contributed by atoms with Crippen molar-refractivity contribution in [2.24, 2.45) is 5.73 Å². The number of unbranched alkanes of at least 4 members (excludes halogenated alkanes) is 1. The maximum atomic E-state index is 12.5. The van der Waals surface area contributed by atoms with Crippen LogP contribution in [0.4, 0.5) is 0 Å². The molecule has 32 heavy (non-hydrogen) atoms. The maximum Gasteiger partial charge on any atom is 0.475 e. The van der Waals surface area contributed by atoms with Crippen molar-refractivity contribution in [1.82, 2.24) is 20.1 Å². The van der Waals surface area contributed by atoms with Crippen LogP contribution in [0.25, 0.3) is 0 Å². The summed E-state index contributed by atoms with van der Waals surface area (Å²) in [5, 5.41) is 26.4. The molecule has 168 valence electrons. The minimum atomic E-state index is -1.63. The molecular weight excluding hydrogens is 405 g/mol. The number of aromatic nitrogens is 3. The Labute approximate surface area is 188 Å². The Hall–Kier alpha value is -3.01. The van der Waals surface area contributed by atoms with Gasteiger partial charge in [0.1, 0.15) is 5.82 Å². The molecule has 3 rings (SSSR count). The molecule has 0 spiro atoms. The third kappa shape index (κ3) is 7.30. The van der Waals surface area contributed by atoms with E-state index in [1.807, 2.05) is 65.3 Å². The van der Waals surface area contributed by atoms with E-state index in [0.29, 0.717) is 38.2 Å². The minimum absolute atomic E-state index is 0.0380. The lowest BCUT2D eigenvalue weighted by molar-refractivity contribution is -0.121. The van der Waals surface area contributed by atoms with Crippen LogP contribution in [0.1, 0.15) is 42.0 Å². The molecular formula is C23H30BN5O3.